The quantitative estimate of drug-likeness (QED) is 0.911. The fourth-order valence-electron chi connectivity index (χ4n) is 3.19. The normalized spacial score (nSPS) is 21.8. The van der Waals surface area contributed by atoms with Gasteiger partial charge >= 0.3 is 0 Å². The first kappa shape index (κ1) is 14.8. The molecule has 2 aliphatic heterocycles. The maximum atomic E-state index is 5.78. The van der Waals surface area contributed by atoms with Gasteiger partial charge in [-0.25, -0.2) is 0 Å². The van der Waals surface area contributed by atoms with Crippen molar-refractivity contribution in [3.63, 3.8) is 0 Å². The average Bonchev–Trinajstić information content (AvgIpc) is 2.98. The van der Waals surface area contributed by atoms with E-state index in [9.17, 15) is 0 Å². The number of nitrogens with two attached hydrogens (primary N) is 1. The minimum Gasteiger partial charge on any atom is -0.496 e. The minimum absolute atomic E-state index is 0.293. The first-order valence-corrected chi connectivity index (χ1v) is 7.61. The molecule has 3 rings (SSSR count). The predicted molar refractivity (Wildman–Crippen MR) is 80.0 cm³/mol. The number of benzene rings is 1. The highest BCUT2D eigenvalue weighted by atomic mass is 16.7. The Balaban J connectivity index is 1.60. The molecular formula is C16H24N2O3. The molecule has 0 unspecified atom stereocenters. The van der Waals surface area contributed by atoms with Gasteiger partial charge in [0.25, 0.3) is 0 Å². The molecule has 5 nitrogen and oxygen atoms in total. The summed E-state index contributed by atoms with van der Waals surface area (Å²) < 4.78 is 16.8. The fourth-order valence-corrected chi connectivity index (χ4v) is 3.19. The number of piperidine rings is 1. The van der Waals surface area contributed by atoms with Crippen LogP contribution < -0.4 is 10.5 Å². The zero-order valence-corrected chi connectivity index (χ0v) is 12.6. The Kier molecular flexibility index (Phi) is 4.45. The number of methoxy groups -OCH3 is 1. The van der Waals surface area contributed by atoms with Gasteiger partial charge in [0.15, 0.2) is 5.79 Å². The minimum atomic E-state index is -0.293. The molecule has 5 heteroatoms. The third kappa shape index (κ3) is 3.21. The summed E-state index contributed by atoms with van der Waals surface area (Å²) in [7, 11) is 1.68. The maximum Gasteiger partial charge on any atom is 0.170 e. The van der Waals surface area contributed by atoms with Gasteiger partial charge in [-0.1, -0.05) is 6.07 Å². The second kappa shape index (κ2) is 6.32. The Bertz CT molecular complexity index is 476. The van der Waals surface area contributed by atoms with Crippen LogP contribution in [0.5, 0.6) is 5.75 Å². The third-order valence-corrected chi connectivity index (χ3v) is 4.40. The molecule has 1 spiro atoms. The monoisotopic (exact) mass is 292 g/mol. The van der Waals surface area contributed by atoms with Crippen LogP contribution >= 0.6 is 0 Å². The highest BCUT2D eigenvalue weighted by Crippen LogP contribution is 2.32. The van der Waals surface area contributed by atoms with Crippen molar-refractivity contribution in [2.45, 2.75) is 31.7 Å². The predicted octanol–water partition coefficient (Wildman–Crippen LogP) is 1.49. The number of nitrogens with zero attached hydrogens (tertiary/aromatic N) is 1. The van der Waals surface area contributed by atoms with E-state index < -0.39 is 0 Å². The largest absolute Gasteiger partial charge is 0.496 e. The summed E-state index contributed by atoms with van der Waals surface area (Å²) in [5.41, 5.74) is 8.12. The number of hydrogen-bond acceptors (Lipinski definition) is 5. The molecule has 0 amide bonds. The molecule has 2 fully saturated rings. The lowest BCUT2D eigenvalue weighted by Gasteiger charge is -2.37. The second-order valence-electron chi connectivity index (χ2n) is 5.73. The summed E-state index contributed by atoms with van der Waals surface area (Å²) in [4.78, 5) is 2.44. The lowest BCUT2D eigenvalue weighted by molar-refractivity contribution is -0.185. The van der Waals surface area contributed by atoms with Crippen LogP contribution in [0, 0.1) is 0 Å². The first-order chi connectivity index (χ1) is 10.2. The van der Waals surface area contributed by atoms with Gasteiger partial charge in [-0.05, 0) is 17.7 Å². The van der Waals surface area contributed by atoms with Gasteiger partial charge < -0.3 is 19.9 Å². The summed E-state index contributed by atoms with van der Waals surface area (Å²) in [5, 5.41) is 0. The summed E-state index contributed by atoms with van der Waals surface area (Å²) >= 11 is 0. The highest BCUT2D eigenvalue weighted by Gasteiger charge is 2.39. The van der Waals surface area contributed by atoms with Gasteiger partial charge in [0.1, 0.15) is 5.75 Å². The molecule has 0 bridgehead atoms. The molecule has 0 aliphatic carbocycles. The molecule has 2 heterocycles. The topological polar surface area (TPSA) is 57.0 Å². The lowest BCUT2D eigenvalue weighted by atomic mass is 10.0. The van der Waals surface area contributed by atoms with Crippen LogP contribution in [0.1, 0.15) is 24.0 Å². The second-order valence-corrected chi connectivity index (χ2v) is 5.73. The van der Waals surface area contributed by atoms with Crippen molar-refractivity contribution in [2.24, 2.45) is 5.73 Å². The fraction of sp³-hybridized carbons (Fsp3) is 0.625. The van der Waals surface area contributed by atoms with Crippen molar-refractivity contribution in [2.75, 3.05) is 33.4 Å². The maximum absolute atomic E-state index is 5.78. The molecule has 0 atom stereocenters. The van der Waals surface area contributed by atoms with Gasteiger partial charge in [0, 0.05) is 44.6 Å². The summed E-state index contributed by atoms with van der Waals surface area (Å²) in [6, 6.07) is 6.27. The first-order valence-electron chi connectivity index (χ1n) is 7.61. The molecule has 21 heavy (non-hydrogen) atoms. The molecule has 116 valence electrons. The molecule has 0 radical (unpaired) electrons. The molecule has 2 aliphatic rings. The van der Waals surface area contributed by atoms with E-state index >= 15 is 0 Å². The summed E-state index contributed by atoms with van der Waals surface area (Å²) in [6.07, 6.45) is 1.90. The molecule has 0 saturated carbocycles. The highest BCUT2D eigenvalue weighted by molar-refractivity contribution is 5.37. The van der Waals surface area contributed by atoms with Crippen LogP contribution in [0.4, 0.5) is 0 Å². The van der Waals surface area contributed by atoms with Crippen LogP contribution in [0.2, 0.25) is 0 Å². The molecule has 0 aromatic heterocycles. The van der Waals surface area contributed by atoms with E-state index in [4.69, 9.17) is 19.9 Å². The van der Waals surface area contributed by atoms with Gasteiger partial charge in [-0.3, -0.25) is 4.90 Å². The zero-order chi connectivity index (χ0) is 14.7. The van der Waals surface area contributed by atoms with Gasteiger partial charge in [0.05, 0.1) is 20.3 Å². The molecule has 1 aromatic rings. The van der Waals surface area contributed by atoms with Crippen LogP contribution in [0.25, 0.3) is 0 Å². The van der Waals surface area contributed by atoms with Crippen molar-refractivity contribution in [3.05, 3.63) is 29.3 Å². The van der Waals surface area contributed by atoms with E-state index in [1.807, 2.05) is 6.07 Å². The van der Waals surface area contributed by atoms with Gasteiger partial charge in [-0.15, -0.1) is 0 Å². The van der Waals surface area contributed by atoms with E-state index in [0.717, 1.165) is 57.0 Å². The van der Waals surface area contributed by atoms with Crippen molar-refractivity contribution in [3.8, 4) is 5.75 Å². The Labute approximate surface area is 126 Å². The summed E-state index contributed by atoms with van der Waals surface area (Å²) in [6.45, 7) is 4.92. The standard InChI is InChI=1S/C16H24N2O3/c1-19-15-3-2-13(10-14(15)11-17)12-18-6-4-16(5-7-18)20-8-9-21-16/h2-3,10H,4-9,11-12,17H2,1H3. The van der Waals surface area contributed by atoms with E-state index in [1.165, 1.54) is 5.56 Å². The van der Waals surface area contributed by atoms with Crippen molar-refractivity contribution in [1.29, 1.82) is 0 Å². The van der Waals surface area contributed by atoms with Crippen LogP contribution in [0.3, 0.4) is 0 Å². The number of rotatable bonds is 4. The lowest BCUT2D eigenvalue weighted by Crippen LogP contribution is -2.44. The number of ether oxygens (including phenoxy) is 3. The Hall–Kier alpha value is -1.14. The van der Waals surface area contributed by atoms with E-state index in [2.05, 4.69) is 17.0 Å². The zero-order valence-electron chi connectivity index (χ0n) is 12.6. The molecular weight excluding hydrogens is 268 g/mol. The molecule has 2 N–H and O–H groups in total. The van der Waals surface area contributed by atoms with E-state index in [1.54, 1.807) is 7.11 Å². The molecule has 2 saturated heterocycles. The van der Waals surface area contributed by atoms with Crippen molar-refractivity contribution >= 4 is 0 Å². The summed E-state index contributed by atoms with van der Waals surface area (Å²) in [5.74, 6) is 0.574. The smallest absolute Gasteiger partial charge is 0.170 e. The van der Waals surface area contributed by atoms with Crippen molar-refractivity contribution < 1.29 is 14.2 Å². The SMILES string of the molecule is COc1ccc(CN2CCC3(CC2)OCCO3)cc1CN. The Morgan fingerprint density at radius 1 is 1.24 bits per heavy atom. The van der Waals surface area contributed by atoms with Crippen LogP contribution in [0.15, 0.2) is 18.2 Å². The van der Waals surface area contributed by atoms with E-state index in [-0.39, 0.29) is 5.79 Å². The van der Waals surface area contributed by atoms with Crippen molar-refractivity contribution in [1.82, 2.24) is 4.90 Å². The average molecular weight is 292 g/mol. The third-order valence-electron chi connectivity index (χ3n) is 4.40. The Morgan fingerprint density at radius 2 is 1.95 bits per heavy atom. The Morgan fingerprint density at radius 3 is 2.57 bits per heavy atom. The number of likely N-dealkylation sites (tertiary alicyclic amines) is 1. The van der Waals surface area contributed by atoms with Crippen LogP contribution in [-0.4, -0.2) is 44.1 Å². The molecule has 1 aromatic carbocycles. The number of hydrogen-bond donors (Lipinski definition) is 1. The van der Waals surface area contributed by atoms with Crippen LogP contribution in [-0.2, 0) is 22.6 Å². The van der Waals surface area contributed by atoms with Gasteiger partial charge in [0.2, 0.25) is 0 Å². The van der Waals surface area contributed by atoms with Gasteiger partial charge in [-0.2, -0.15) is 0 Å². The van der Waals surface area contributed by atoms with E-state index in [0.29, 0.717) is 6.54 Å².